The number of benzene rings is 2. The first-order chi connectivity index (χ1) is 11.0. The van der Waals surface area contributed by atoms with Gasteiger partial charge in [-0.1, -0.05) is 31.2 Å². The molecule has 0 aromatic heterocycles. The normalized spacial score (nSPS) is 13.1. The number of hydrogen-bond acceptors (Lipinski definition) is 4. The number of carbonyl (C=O) groups is 1. The highest BCUT2D eigenvalue weighted by Gasteiger charge is 2.18. The number of hydrogen-bond donors (Lipinski definition) is 2. The predicted molar refractivity (Wildman–Crippen MR) is 97.1 cm³/mol. The van der Waals surface area contributed by atoms with Crippen LogP contribution in [0.15, 0.2) is 36.4 Å². The van der Waals surface area contributed by atoms with E-state index in [-0.39, 0.29) is 31.0 Å². The minimum absolute atomic E-state index is 0. The Morgan fingerprint density at radius 3 is 2.62 bits per heavy atom. The van der Waals surface area contributed by atoms with Gasteiger partial charge < -0.3 is 20.5 Å². The number of nitrogen functional groups attached to an aromatic ring is 1. The van der Waals surface area contributed by atoms with E-state index in [9.17, 15) is 4.79 Å². The third-order valence-corrected chi connectivity index (χ3v) is 4.03. The summed E-state index contributed by atoms with van der Waals surface area (Å²) in [5, 5.41) is 2.86. The molecule has 5 nitrogen and oxygen atoms in total. The molecule has 1 amide bonds. The van der Waals surface area contributed by atoms with Crippen LogP contribution in [0.1, 0.15) is 30.4 Å². The first kappa shape index (κ1) is 17.9. The van der Waals surface area contributed by atoms with Crippen LogP contribution >= 0.6 is 12.4 Å². The summed E-state index contributed by atoms with van der Waals surface area (Å²) in [6.07, 6.45) is 0.388. The van der Waals surface area contributed by atoms with Crippen LogP contribution in [0.4, 0.5) is 11.4 Å². The molecule has 3 rings (SSSR count). The molecule has 2 aromatic carbocycles. The van der Waals surface area contributed by atoms with Crippen LogP contribution in [0, 0.1) is 6.92 Å². The van der Waals surface area contributed by atoms with Crippen LogP contribution in [-0.2, 0) is 4.79 Å². The minimum Gasteiger partial charge on any atom is -0.454 e. The van der Waals surface area contributed by atoms with Crippen LogP contribution in [0.25, 0.3) is 0 Å². The summed E-state index contributed by atoms with van der Waals surface area (Å²) in [5.74, 6) is 1.26. The molecule has 1 heterocycles. The van der Waals surface area contributed by atoms with Gasteiger partial charge in [-0.25, -0.2) is 0 Å². The summed E-state index contributed by atoms with van der Waals surface area (Å²) in [6, 6.07) is 11.5. The molecular formula is C18H21ClN2O3. The first-order valence-electron chi connectivity index (χ1n) is 7.59. The quantitative estimate of drug-likeness (QED) is 0.823. The molecule has 24 heavy (non-hydrogen) atoms. The number of halogens is 1. The lowest BCUT2D eigenvalue weighted by Crippen LogP contribution is -2.15. The number of nitrogens with one attached hydrogen (secondary N) is 1. The molecule has 0 radical (unpaired) electrons. The fourth-order valence-electron chi connectivity index (χ4n) is 2.79. The number of anilines is 2. The molecule has 1 unspecified atom stereocenters. The van der Waals surface area contributed by atoms with Crippen LogP contribution in [0.3, 0.4) is 0 Å². The van der Waals surface area contributed by atoms with Crippen molar-refractivity contribution in [3.63, 3.8) is 0 Å². The highest BCUT2D eigenvalue weighted by molar-refractivity contribution is 5.95. The molecule has 3 N–H and O–H groups in total. The molecule has 0 saturated heterocycles. The monoisotopic (exact) mass is 348 g/mol. The number of aryl methyl sites for hydroxylation is 1. The lowest BCUT2D eigenvalue weighted by molar-refractivity contribution is -0.116. The molecule has 0 bridgehead atoms. The van der Waals surface area contributed by atoms with Crippen molar-refractivity contribution in [2.45, 2.75) is 26.2 Å². The lowest BCUT2D eigenvalue weighted by atomic mass is 9.93. The zero-order valence-electron chi connectivity index (χ0n) is 13.7. The van der Waals surface area contributed by atoms with E-state index in [0.717, 1.165) is 0 Å². The Hall–Kier alpha value is -2.40. The topological polar surface area (TPSA) is 73.6 Å². The van der Waals surface area contributed by atoms with Gasteiger partial charge in [-0.15, -0.1) is 12.4 Å². The summed E-state index contributed by atoms with van der Waals surface area (Å²) in [6.45, 7) is 4.28. The van der Waals surface area contributed by atoms with Crippen LogP contribution < -0.4 is 20.5 Å². The molecule has 0 aliphatic carbocycles. The lowest BCUT2D eigenvalue weighted by Gasteiger charge is -2.15. The Morgan fingerprint density at radius 1 is 1.25 bits per heavy atom. The van der Waals surface area contributed by atoms with E-state index in [0.29, 0.717) is 29.3 Å². The van der Waals surface area contributed by atoms with E-state index in [1.807, 2.05) is 19.1 Å². The summed E-state index contributed by atoms with van der Waals surface area (Å²) < 4.78 is 10.6. The van der Waals surface area contributed by atoms with Crippen molar-refractivity contribution in [1.82, 2.24) is 0 Å². The standard InChI is InChI=1S/C18H20N2O3.ClH/c1-11-5-3-4-6-13(11)12(2)7-18(21)20-15-9-17-16(8-14(15)19)22-10-23-17;/h3-6,8-9,12H,7,10,19H2,1-2H3,(H,20,21);1H. The molecule has 0 saturated carbocycles. The zero-order valence-corrected chi connectivity index (χ0v) is 14.5. The van der Waals surface area contributed by atoms with Gasteiger partial charge in [0.2, 0.25) is 12.7 Å². The molecular weight excluding hydrogens is 328 g/mol. The molecule has 1 aliphatic heterocycles. The number of nitrogens with two attached hydrogens (primary N) is 1. The van der Waals surface area contributed by atoms with Crippen molar-refractivity contribution in [1.29, 1.82) is 0 Å². The Morgan fingerprint density at radius 2 is 1.92 bits per heavy atom. The largest absolute Gasteiger partial charge is 0.454 e. The van der Waals surface area contributed by atoms with E-state index in [1.165, 1.54) is 11.1 Å². The number of amides is 1. The van der Waals surface area contributed by atoms with Crippen LogP contribution in [-0.4, -0.2) is 12.7 Å². The summed E-state index contributed by atoms with van der Waals surface area (Å²) in [5.41, 5.74) is 9.35. The van der Waals surface area contributed by atoms with E-state index in [4.69, 9.17) is 15.2 Å². The Kier molecular flexibility index (Phi) is 5.57. The second-order valence-electron chi connectivity index (χ2n) is 5.80. The van der Waals surface area contributed by atoms with E-state index in [1.54, 1.807) is 12.1 Å². The average Bonchev–Trinajstić information content (AvgIpc) is 2.94. The number of fused-ring (bicyclic) bond motifs is 1. The average molecular weight is 349 g/mol. The Bertz CT molecular complexity index is 749. The minimum atomic E-state index is -0.0775. The predicted octanol–water partition coefficient (Wildman–Crippen LogP) is 3.86. The van der Waals surface area contributed by atoms with Gasteiger partial charge in [-0.05, 0) is 24.0 Å². The molecule has 2 aromatic rings. The third kappa shape index (κ3) is 3.74. The maximum atomic E-state index is 12.3. The SMILES string of the molecule is Cc1ccccc1C(C)CC(=O)Nc1cc2c(cc1N)OCO2.Cl. The Labute approximate surface area is 147 Å². The molecule has 128 valence electrons. The van der Waals surface area contributed by atoms with Crippen molar-refractivity contribution in [3.8, 4) is 11.5 Å². The van der Waals surface area contributed by atoms with Crippen molar-refractivity contribution in [2.75, 3.05) is 17.8 Å². The van der Waals surface area contributed by atoms with E-state index in [2.05, 4.69) is 24.4 Å². The highest BCUT2D eigenvalue weighted by atomic mass is 35.5. The van der Waals surface area contributed by atoms with E-state index < -0.39 is 0 Å². The van der Waals surface area contributed by atoms with Gasteiger partial charge in [-0.3, -0.25) is 4.79 Å². The van der Waals surface area contributed by atoms with Gasteiger partial charge in [0, 0.05) is 18.6 Å². The van der Waals surface area contributed by atoms with Crippen LogP contribution in [0.2, 0.25) is 0 Å². The summed E-state index contributed by atoms with van der Waals surface area (Å²) in [7, 11) is 0. The van der Waals surface area contributed by atoms with Gasteiger partial charge in [0.1, 0.15) is 0 Å². The van der Waals surface area contributed by atoms with Gasteiger partial charge >= 0.3 is 0 Å². The van der Waals surface area contributed by atoms with Crippen molar-refractivity contribution < 1.29 is 14.3 Å². The zero-order chi connectivity index (χ0) is 16.4. The molecule has 1 atom stereocenters. The second kappa shape index (κ2) is 7.45. The highest BCUT2D eigenvalue weighted by Crippen LogP contribution is 2.38. The smallest absolute Gasteiger partial charge is 0.231 e. The Balaban J connectivity index is 0.00000208. The van der Waals surface area contributed by atoms with Gasteiger partial charge in [0.25, 0.3) is 0 Å². The summed E-state index contributed by atoms with van der Waals surface area (Å²) in [4.78, 5) is 12.3. The van der Waals surface area contributed by atoms with E-state index >= 15 is 0 Å². The molecule has 0 fully saturated rings. The van der Waals surface area contributed by atoms with Crippen LogP contribution in [0.5, 0.6) is 11.5 Å². The second-order valence-corrected chi connectivity index (χ2v) is 5.80. The molecule has 0 spiro atoms. The maximum Gasteiger partial charge on any atom is 0.231 e. The van der Waals surface area contributed by atoms with Crippen molar-refractivity contribution in [2.24, 2.45) is 0 Å². The van der Waals surface area contributed by atoms with Crippen molar-refractivity contribution in [3.05, 3.63) is 47.5 Å². The summed E-state index contributed by atoms with van der Waals surface area (Å²) >= 11 is 0. The van der Waals surface area contributed by atoms with Gasteiger partial charge in [0.15, 0.2) is 11.5 Å². The third-order valence-electron chi connectivity index (χ3n) is 4.03. The fourth-order valence-corrected chi connectivity index (χ4v) is 2.79. The number of rotatable bonds is 4. The van der Waals surface area contributed by atoms with Gasteiger partial charge in [0.05, 0.1) is 11.4 Å². The molecule has 6 heteroatoms. The fraction of sp³-hybridized carbons (Fsp3) is 0.278. The maximum absolute atomic E-state index is 12.3. The first-order valence-corrected chi connectivity index (χ1v) is 7.59. The van der Waals surface area contributed by atoms with Crippen molar-refractivity contribution >= 4 is 29.7 Å². The number of ether oxygens (including phenoxy) is 2. The van der Waals surface area contributed by atoms with Gasteiger partial charge in [-0.2, -0.15) is 0 Å². The molecule has 1 aliphatic rings. The number of carbonyl (C=O) groups excluding carboxylic acids is 1.